The van der Waals surface area contributed by atoms with Crippen LogP contribution < -0.4 is 15.4 Å². The zero-order valence-electron chi connectivity index (χ0n) is 32.5. The van der Waals surface area contributed by atoms with Gasteiger partial charge in [0.15, 0.2) is 24.7 Å². The Hall–Kier alpha value is -5.21. The summed E-state index contributed by atoms with van der Waals surface area (Å²) in [5, 5.41) is 12.3. The summed E-state index contributed by atoms with van der Waals surface area (Å²) in [6.07, 6.45) is -7.34. The molecule has 310 valence electrons. The number of amides is 2. The smallest absolute Gasteiger partial charge is 0.303 e. The van der Waals surface area contributed by atoms with E-state index in [1.54, 1.807) is 21.0 Å². The lowest BCUT2D eigenvalue weighted by atomic mass is 9.95. The minimum atomic E-state index is -1.17. The molecule has 0 radical (unpaired) electrons. The molecule has 2 aliphatic heterocycles. The fourth-order valence-electron chi connectivity index (χ4n) is 5.85. The molecule has 2 amide bonds. The summed E-state index contributed by atoms with van der Waals surface area (Å²) < 4.78 is 49.6. The molecule has 2 saturated heterocycles. The van der Waals surface area contributed by atoms with E-state index in [2.05, 4.69) is 30.7 Å². The second-order valence-electron chi connectivity index (χ2n) is 12.1. The first-order chi connectivity index (χ1) is 26.7. The second kappa shape index (κ2) is 24.3. The van der Waals surface area contributed by atoms with Crippen molar-refractivity contribution in [1.82, 2.24) is 10.6 Å². The zero-order chi connectivity index (χ0) is 41.8. The van der Waals surface area contributed by atoms with Crippen molar-refractivity contribution >= 4 is 29.7 Å². The number of hydrogen-bond donors (Lipinski definition) is 2. The quantitative estimate of drug-likeness (QED) is 0.0753. The first-order valence-electron chi connectivity index (χ1n) is 17.5. The topological polar surface area (TPSA) is 290 Å². The molecule has 2 N–H and O–H groups in total. The van der Waals surface area contributed by atoms with Crippen molar-refractivity contribution in [1.29, 1.82) is 0 Å². The number of rotatable bonds is 17. The van der Waals surface area contributed by atoms with E-state index >= 15 is 0 Å². The summed E-state index contributed by atoms with van der Waals surface area (Å²) >= 11 is 0. The monoisotopic (exact) mass is 794 g/mol. The number of carbonyl (C=O) groups is 5. The van der Waals surface area contributed by atoms with E-state index in [-0.39, 0.29) is 19.8 Å². The molecule has 4 unspecified atom stereocenters. The van der Waals surface area contributed by atoms with Crippen LogP contribution in [0.3, 0.4) is 0 Å². The lowest BCUT2D eigenvalue weighted by Gasteiger charge is -2.44. The van der Waals surface area contributed by atoms with Crippen LogP contribution in [0.2, 0.25) is 0 Å². The van der Waals surface area contributed by atoms with Gasteiger partial charge in [-0.15, -0.1) is 0 Å². The molecule has 56 heavy (non-hydrogen) atoms. The van der Waals surface area contributed by atoms with Crippen molar-refractivity contribution in [3.63, 3.8) is 0 Å². The van der Waals surface area contributed by atoms with Gasteiger partial charge in [0.05, 0.1) is 20.3 Å². The third-order valence-corrected chi connectivity index (χ3v) is 7.89. The summed E-state index contributed by atoms with van der Waals surface area (Å²) in [7, 11) is 1.59. The second-order valence-corrected chi connectivity index (χ2v) is 12.1. The Kier molecular flexibility index (Phi) is 20.4. The van der Waals surface area contributed by atoms with Crippen LogP contribution >= 0.6 is 0 Å². The summed E-state index contributed by atoms with van der Waals surface area (Å²) in [4.78, 5) is 63.0. The van der Waals surface area contributed by atoms with E-state index < -0.39 is 90.9 Å². The van der Waals surface area contributed by atoms with E-state index in [4.69, 9.17) is 53.7 Å². The molecular formula is C34H50N8O14. The van der Waals surface area contributed by atoms with Gasteiger partial charge in [-0.3, -0.25) is 24.0 Å². The summed E-state index contributed by atoms with van der Waals surface area (Å²) in [5.74, 6) is -1.80. The van der Waals surface area contributed by atoms with Crippen molar-refractivity contribution in [2.45, 2.75) is 116 Å². The van der Waals surface area contributed by atoms with Crippen molar-refractivity contribution in [3.8, 4) is 5.75 Å². The van der Waals surface area contributed by atoms with E-state index in [0.29, 0.717) is 13.2 Å². The van der Waals surface area contributed by atoms with E-state index in [1.165, 1.54) is 34.6 Å². The van der Waals surface area contributed by atoms with Gasteiger partial charge >= 0.3 is 17.9 Å². The van der Waals surface area contributed by atoms with Crippen molar-refractivity contribution < 1.29 is 66.6 Å². The minimum Gasteiger partial charge on any atom is -0.497 e. The number of nitrogens with zero attached hydrogens (tertiary/aromatic N) is 6. The molecule has 0 aromatic heterocycles. The largest absolute Gasteiger partial charge is 0.497 e. The van der Waals surface area contributed by atoms with Crippen LogP contribution in [-0.2, 0) is 68.5 Å². The maximum atomic E-state index is 11.7. The van der Waals surface area contributed by atoms with Gasteiger partial charge in [-0.05, 0) is 42.6 Å². The number of methoxy groups -OCH3 is 1. The highest BCUT2D eigenvalue weighted by Gasteiger charge is 2.50. The van der Waals surface area contributed by atoms with Gasteiger partial charge in [-0.25, -0.2) is 0 Å². The number of benzene rings is 1. The highest BCUT2D eigenvalue weighted by Crippen LogP contribution is 2.29. The molecular weight excluding hydrogens is 744 g/mol. The highest BCUT2D eigenvalue weighted by atomic mass is 16.6. The molecule has 0 aliphatic carbocycles. The van der Waals surface area contributed by atoms with Crippen molar-refractivity contribution in [2.24, 2.45) is 10.2 Å². The number of ether oxygens (including phenoxy) is 9. The number of esters is 3. The molecule has 3 rings (SSSR count). The third-order valence-electron chi connectivity index (χ3n) is 7.89. The maximum absolute atomic E-state index is 11.7. The first kappa shape index (κ1) is 46.9. The van der Waals surface area contributed by atoms with Crippen LogP contribution in [0, 0.1) is 0 Å². The van der Waals surface area contributed by atoms with Gasteiger partial charge < -0.3 is 53.3 Å². The normalized spacial score (nSPS) is 26.6. The summed E-state index contributed by atoms with van der Waals surface area (Å²) in [5.41, 5.74) is 18.6. The maximum Gasteiger partial charge on any atom is 0.303 e. The Labute approximate surface area is 323 Å². The number of azide groups is 2. The molecule has 22 heteroatoms. The number of nitrogens with one attached hydrogen (secondary N) is 2. The number of carbonyl (C=O) groups excluding carboxylic acids is 5. The van der Waals surface area contributed by atoms with Gasteiger partial charge in [-0.1, -0.05) is 22.4 Å². The molecule has 10 atom stereocenters. The van der Waals surface area contributed by atoms with Gasteiger partial charge in [-0.2, -0.15) is 0 Å². The Bertz CT molecular complexity index is 1560. The Morgan fingerprint density at radius 2 is 1.14 bits per heavy atom. The molecule has 22 nitrogen and oxygen atoms in total. The van der Waals surface area contributed by atoms with E-state index in [9.17, 15) is 24.0 Å². The standard InChI is InChI=1S/C20H28N4O7.C14H22N4O7/c1-5-29-18-16(11-28-10-14-6-8-15(27-4)9-7-14)31-20(23-24-21)17(22-12(2)25)19(18)30-13(3)26;1-5-22-12-10(6-23-8(3)20)25-14(17-18-15)11(16-7(2)19)13(12)24-9(4)21/h6-9,16-20H,5,10-11H2,1-4H3,(H,22,25);10-14H,5-6H2,1-4H3,(H,16,19)/t16?,17?,18-,19+,20-;10?,11?,12-,13+,14-/m11/s1. The summed E-state index contributed by atoms with van der Waals surface area (Å²) in [6.45, 7) is 10.5. The van der Waals surface area contributed by atoms with Gasteiger partial charge in [0.25, 0.3) is 0 Å². The van der Waals surface area contributed by atoms with Gasteiger partial charge in [0.2, 0.25) is 11.8 Å². The fraction of sp³-hybridized carbons (Fsp3) is 0.676. The van der Waals surface area contributed by atoms with Crippen LogP contribution in [0.4, 0.5) is 0 Å². The van der Waals surface area contributed by atoms with Gasteiger partial charge in [0, 0.05) is 57.7 Å². The first-order valence-corrected chi connectivity index (χ1v) is 17.5. The zero-order valence-corrected chi connectivity index (χ0v) is 32.5. The predicted molar refractivity (Wildman–Crippen MR) is 192 cm³/mol. The van der Waals surface area contributed by atoms with E-state index in [1.807, 2.05) is 24.3 Å². The fourth-order valence-corrected chi connectivity index (χ4v) is 5.85. The Morgan fingerprint density at radius 3 is 1.50 bits per heavy atom. The van der Waals surface area contributed by atoms with Crippen LogP contribution in [0.15, 0.2) is 34.5 Å². The van der Waals surface area contributed by atoms with Crippen LogP contribution in [0.25, 0.3) is 20.9 Å². The molecule has 0 bridgehead atoms. The Morgan fingerprint density at radius 1 is 0.696 bits per heavy atom. The predicted octanol–water partition coefficient (Wildman–Crippen LogP) is 2.51. The molecule has 2 heterocycles. The summed E-state index contributed by atoms with van der Waals surface area (Å²) in [6, 6.07) is 5.53. The lowest BCUT2D eigenvalue weighted by molar-refractivity contribution is -0.223. The highest BCUT2D eigenvalue weighted by molar-refractivity contribution is 5.74. The SMILES string of the molecule is CCO[C@@H]1C(COC(C)=O)O[C@@H](N=[N+]=[N-])C(NC(C)=O)[C@@H]1OC(C)=O.CCO[C@@H]1C(COCc2ccc(OC)cc2)O[C@@H](N=[N+]=[N-])C(NC(C)=O)[C@@H]1OC(C)=O. The van der Waals surface area contributed by atoms with Crippen molar-refractivity contribution in [2.75, 3.05) is 33.5 Å². The van der Waals surface area contributed by atoms with Crippen LogP contribution in [0.1, 0.15) is 54.0 Å². The molecule has 1 aromatic rings. The minimum absolute atomic E-state index is 0.0820. The lowest BCUT2D eigenvalue weighted by Crippen LogP contribution is -2.65. The van der Waals surface area contributed by atoms with Crippen molar-refractivity contribution in [3.05, 3.63) is 50.7 Å². The van der Waals surface area contributed by atoms with Gasteiger partial charge in [0.1, 0.15) is 48.9 Å². The average molecular weight is 795 g/mol. The number of hydrogen-bond acceptors (Lipinski definition) is 16. The third kappa shape index (κ3) is 15.1. The average Bonchev–Trinajstić information content (AvgIpc) is 3.12. The molecule has 0 spiro atoms. The van der Waals surface area contributed by atoms with E-state index in [0.717, 1.165) is 11.3 Å². The van der Waals surface area contributed by atoms with Crippen LogP contribution in [0.5, 0.6) is 5.75 Å². The Balaban J connectivity index is 0.000000396. The van der Waals surface area contributed by atoms with Crippen LogP contribution in [-0.4, -0.2) is 124 Å². The molecule has 0 saturated carbocycles. The molecule has 2 fully saturated rings. The molecule has 2 aliphatic rings. The molecule has 1 aromatic carbocycles.